The first-order valence-corrected chi connectivity index (χ1v) is 8.04. The van der Waals surface area contributed by atoms with Gasteiger partial charge in [0.15, 0.2) is 6.61 Å². The summed E-state index contributed by atoms with van der Waals surface area (Å²) >= 11 is 0. The van der Waals surface area contributed by atoms with Gasteiger partial charge >= 0.3 is 5.97 Å². The van der Waals surface area contributed by atoms with Crippen molar-refractivity contribution in [1.82, 2.24) is 9.62 Å². The summed E-state index contributed by atoms with van der Waals surface area (Å²) in [4.78, 5) is 24.1. The second-order valence-electron chi connectivity index (χ2n) is 5.04. The van der Waals surface area contributed by atoms with Crippen LogP contribution in [0, 0.1) is 13.8 Å². The van der Waals surface area contributed by atoms with E-state index in [0.717, 1.165) is 5.56 Å². The van der Waals surface area contributed by atoms with Crippen molar-refractivity contribution >= 4 is 21.9 Å². The Labute approximate surface area is 130 Å². The van der Waals surface area contributed by atoms with Gasteiger partial charge in [-0.25, -0.2) is 8.42 Å². The molecule has 0 heterocycles. The van der Waals surface area contributed by atoms with Gasteiger partial charge in [0, 0.05) is 14.1 Å². The average molecular weight is 328 g/mol. The van der Waals surface area contributed by atoms with Crippen LogP contribution in [0.5, 0.6) is 0 Å². The second-order valence-corrected chi connectivity index (χ2v) is 6.78. The van der Waals surface area contributed by atoms with Crippen LogP contribution in [0.3, 0.4) is 0 Å². The van der Waals surface area contributed by atoms with Crippen molar-refractivity contribution in [2.75, 3.05) is 27.2 Å². The monoisotopic (exact) mass is 328 g/mol. The van der Waals surface area contributed by atoms with Crippen molar-refractivity contribution in [2.45, 2.75) is 18.7 Å². The molecule has 7 nitrogen and oxygen atoms in total. The molecule has 1 N–H and O–H groups in total. The molecule has 0 aromatic heterocycles. The minimum absolute atomic E-state index is 0.115. The molecule has 0 aliphatic carbocycles. The molecule has 122 valence electrons. The van der Waals surface area contributed by atoms with Gasteiger partial charge in [-0.2, -0.15) is 4.72 Å². The highest BCUT2D eigenvalue weighted by Crippen LogP contribution is 2.16. The van der Waals surface area contributed by atoms with Crippen LogP contribution >= 0.6 is 0 Å². The van der Waals surface area contributed by atoms with E-state index in [1.807, 2.05) is 0 Å². The van der Waals surface area contributed by atoms with Crippen LogP contribution in [0.25, 0.3) is 0 Å². The maximum Gasteiger partial charge on any atom is 0.321 e. The van der Waals surface area contributed by atoms with E-state index in [-0.39, 0.29) is 10.8 Å². The van der Waals surface area contributed by atoms with E-state index < -0.39 is 29.1 Å². The Kier molecular flexibility index (Phi) is 6.07. The van der Waals surface area contributed by atoms with Gasteiger partial charge in [0.05, 0.1) is 4.90 Å². The molecule has 1 rings (SSSR count). The topological polar surface area (TPSA) is 92.8 Å². The predicted molar refractivity (Wildman–Crippen MR) is 80.8 cm³/mol. The van der Waals surface area contributed by atoms with Crippen molar-refractivity contribution < 1.29 is 22.7 Å². The van der Waals surface area contributed by atoms with Gasteiger partial charge in [-0.15, -0.1) is 0 Å². The van der Waals surface area contributed by atoms with E-state index in [1.165, 1.54) is 25.1 Å². The summed E-state index contributed by atoms with van der Waals surface area (Å²) in [6, 6.07) is 5.02. The smallest absolute Gasteiger partial charge is 0.321 e. The van der Waals surface area contributed by atoms with Crippen molar-refractivity contribution in [2.24, 2.45) is 0 Å². The summed E-state index contributed by atoms with van der Waals surface area (Å²) < 4.78 is 31.2. The predicted octanol–water partition coefficient (Wildman–Crippen LogP) is 0.213. The first kappa shape index (κ1) is 18.1. The number of esters is 1. The SMILES string of the molecule is Cc1ccc(C)c(S(=O)(=O)NCC(=O)OCC(=O)N(C)C)c1. The first-order valence-electron chi connectivity index (χ1n) is 6.56. The largest absolute Gasteiger partial charge is 0.455 e. The Morgan fingerprint density at radius 3 is 2.45 bits per heavy atom. The van der Waals surface area contributed by atoms with Gasteiger partial charge in [-0.3, -0.25) is 9.59 Å². The third-order valence-electron chi connectivity index (χ3n) is 2.90. The van der Waals surface area contributed by atoms with Crippen molar-refractivity contribution in [3.05, 3.63) is 29.3 Å². The lowest BCUT2D eigenvalue weighted by molar-refractivity contribution is -0.149. The molecule has 0 spiro atoms. The molecule has 1 aromatic carbocycles. The molecular formula is C14H20N2O5S. The fourth-order valence-corrected chi connectivity index (χ4v) is 2.85. The van der Waals surface area contributed by atoms with Crippen LogP contribution in [-0.4, -0.2) is 52.4 Å². The number of carbonyl (C=O) groups is 2. The summed E-state index contributed by atoms with van der Waals surface area (Å²) in [6.45, 7) is 2.50. The summed E-state index contributed by atoms with van der Waals surface area (Å²) in [5.41, 5.74) is 1.37. The number of amides is 1. The number of hydrogen-bond donors (Lipinski definition) is 1. The van der Waals surface area contributed by atoms with Crippen LogP contribution in [0.15, 0.2) is 23.1 Å². The lowest BCUT2D eigenvalue weighted by Crippen LogP contribution is -2.33. The van der Waals surface area contributed by atoms with Crippen LogP contribution in [0.2, 0.25) is 0 Å². The zero-order valence-electron chi connectivity index (χ0n) is 13.0. The highest BCUT2D eigenvalue weighted by Gasteiger charge is 2.19. The van der Waals surface area contributed by atoms with E-state index in [4.69, 9.17) is 4.74 Å². The minimum atomic E-state index is -3.81. The van der Waals surface area contributed by atoms with Crippen LogP contribution in [0.4, 0.5) is 0 Å². The van der Waals surface area contributed by atoms with E-state index in [9.17, 15) is 18.0 Å². The highest BCUT2D eigenvalue weighted by atomic mass is 32.2. The van der Waals surface area contributed by atoms with Gasteiger partial charge in [0.25, 0.3) is 5.91 Å². The summed E-state index contributed by atoms with van der Waals surface area (Å²) in [7, 11) is -0.755. The van der Waals surface area contributed by atoms with Crippen LogP contribution in [0.1, 0.15) is 11.1 Å². The highest BCUT2D eigenvalue weighted by molar-refractivity contribution is 7.89. The number of sulfonamides is 1. The van der Waals surface area contributed by atoms with E-state index in [2.05, 4.69) is 4.72 Å². The number of ether oxygens (including phenoxy) is 1. The molecule has 1 aromatic rings. The zero-order chi connectivity index (χ0) is 16.9. The fraction of sp³-hybridized carbons (Fsp3) is 0.429. The maximum atomic E-state index is 12.2. The molecule has 0 saturated carbocycles. The van der Waals surface area contributed by atoms with Gasteiger partial charge < -0.3 is 9.64 Å². The van der Waals surface area contributed by atoms with Gasteiger partial charge in [0.2, 0.25) is 10.0 Å². The van der Waals surface area contributed by atoms with E-state index in [1.54, 1.807) is 26.0 Å². The Morgan fingerprint density at radius 1 is 1.23 bits per heavy atom. The third kappa shape index (κ3) is 5.12. The molecule has 0 saturated heterocycles. The van der Waals surface area contributed by atoms with Gasteiger partial charge in [0.1, 0.15) is 6.54 Å². The summed E-state index contributed by atoms with van der Waals surface area (Å²) in [6.07, 6.45) is 0. The number of hydrogen-bond acceptors (Lipinski definition) is 5. The zero-order valence-corrected chi connectivity index (χ0v) is 13.9. The molecule has 0 radical (unpaired) electrons. The van der Waals surface area contributed by atoms with Crippen molar-refractivity contribution in [3.8, 4) is 0 Å². The van der Waals surface area contributed by atoms with Crippen LogP contribution in [-0.2, 0) is 24.3 Å². The molecule has 0 aliphatic heterocycles. The normalized spacial score (nSPS) is 11.1. The number of likely N-dealkylation sites (N-methyl/N-ethyl adjacent to an activating group) is 1. The minimum Gasteiger partial charge on any atom is -0.455 e. The number of carbonyl (C=O) groups excluding carboxylic acids is 2. The fourth-order valence-electron chi connectivity index (χ4n) is 1.55. The number of nitrogens with one attached hydrogen (secondary N) is 1. The standard InChI is InChI=1S/C14H20N2O5S/c1-10-5-6-11(2)12(7-10)22(19,20)15-8-14(18)21-9-13(17)16(3)4/h5-7,15H,8-9H2,1-4H3. The molecule has 8 heteroatoms. The lowest BCUT2D eigenvalue weighted by Gasteiger charge is -2.12. The van der Waals surface area contributed by atoms with Crippen molar-refractivity contribution in [1.29, 1.82) is 0 Å². The summed E-state index contributed by atoms with van der Waals surface area (Å²) in [5, 5.41) is 0. The molecule has 0 unspecified atom stereocenters. The maximum absolute atomic E-state index is 12.2. The number of nitrogens with zero attached hydrogens (tertiary/aromatic N) is 1. The van der Waals surface area contributed by atoms with Gasteiger partial charge in [-0.05, 0) is 31.0 Å². The Hall–Kier alpha value is -1.93. The Balaban J connectivity index is 2.65. The Morgan fingerprint density at radius 2 is 1.86 bits per heavy atom. The number of aryl methyl sites for hydroxylation is 2. The molecule has 0 fully saturated rings. The molecule has 0 bridgehead atoms. The molecule has 0 aliphatic rings. The number of rotatable bonds is 6. The molecule has 0 atom stereocenters. The lowest BCUT2D eigenvalue weighted by atomic mass is 10.2. The number of benzene rings is 1. The third-order valence-corrected chi connectivity index (χ3v) is 4.44. The van der Waals surface area contributed by atoms with Crippen molar-refractivity contribution in [3.63, 3.8) is 0 Å². The first-order chi connectivity index (χ1) is 10.1. The second kappa shape index (κ2) is 7.37. The average Bonchev–Trinajstić information content (AvgIpc) is 2.44. The Bertz CT molecular complexity index is 668. The van der Waals surface area contributed by atoms with E-state index in [0.29, 0.717) is 5.56 Å². The van der Waals surface area contributed by atoms with Crippen LogP contribution < -0.4 is 4.72 Å². The molecule has 22 heavy (non-hydrogen) atoms. The van der Waals surface area contributed by atoms with E-state index >= 15 is 0 Å². The molecule has 1 amide bonds. The van der Waals surface area contributed by atoms with Gasteiger partial charge in [-0.1, -0.05) is 12.1 Å². The molecular weight excluding hydrogens is 308 g/mol. The summed E-state index contributed by atoms with van der Waals surface area (Å²) in [5.74, 6) is -1.20. The quantitative estimate of drug-likeness (QED) is 0.754.